The van der Waals surface area contributed by atoms with Gasteiger partial charge in [0.1, 0.15) is 5.75 Å². The maximum Gasteiger partial charge on any atom is 0.290 e. The highest BCUT2D eigenvalue weighted by atomic mass is 16.5. The van der Waals surface area contributed by atoms with Gasteiger partial charge in [-0.15, -0.1) is 0 Å². The Morgan fingerprint density at radius 3 is 3.06 bits per heavy atom. The van der Waals surface area contributed by atoms with Gasteiger partial charge in [0.05, 0.1) is 12.5 Å². The molecule has 0 N–H and O–H groups in total. The molecular weight excluding hydrogens is 220 g/mol. The first-order valence-corrected chi connectivity index (χ1v) is 5.36. The van der Waals surface area contributed by atoms with Gasteiger partial charge in [0.15, 0.2) is 5.82 Å². The van der Waals surface area contributed by atoms with E-state index < -0.39 is 0 Å². The van der Waals surface area contributed by atoms with E-state index in [9.17, 15) is 4.79 Å². The molecule has 0 spiro atoms. The summed E-state index contributed by atoms with van der Waals surface area (Å²) in [4.78, 5) is 14.5. The number of nitrogens with zero attached hydrogens (tertiary/aromatic N) is 2. The zero-order valence-electron chi connectivity index (χ0n) is 9.00. The summed E-state index contributed by atoms with van der Waals surface area (Å²) in [6.07, 6.45) is 1.35. The predicted molar refractivity (Wildman–Crippen MR) is 58.1 cm³/mol. The molecule has 1 unspecified atom stereocenters. The van der Waals surface area contributed by atoms with E-state index in [1.165, 1.54) is 0 Å². The molecule has 0 radical (unpaired) electrons. The average molecular weight is 230 g/mol. The van der Waals surface area contributed by atoms with Crippen molar-refractivity contribution in [2.24, 2.45) is 0 Å². The highest BCUT2D eigenvalue weighted by Gasteiger charge is 2.25. The van der Waals surface area contributed by atoms with Crippen molar-refractivity contribution in [3.05, 3.63) is 41.5 Å². The van der Waals surface area contributed by atoms with Crippen LogP contribution in [-0.2, 0) is 6.42 Å². The summed E-state index contributed by atoms with van der Waals surface area (Å²) >= 11 is 0. The van der Waals surface area contributed by atoms with E-state index in [1.807, 2.05) is 24.3 Å². The zero-order chi connectivity index (χ0) is 11.7. The lowest BCUT2D eigenvalue weighted by Gasteiger charge is -2.22. The molecule has 0 saturated carbocycles. The largest absolute Gasteiger partial charge is 0.493 e. The Balaban J connectivity index is 1.86. The molecule has 17 heavy (non-hydrogen) atoms. The van der Waals surface area contributed by atoms with E-state index in [2.05, 4.69) is 10.1 Å². The van der Waals surface area contributed by atoms with E-state index in [1.54, 1.807) is 0 Å². The fourth-order valence-electron chi connectivity index (χ4n) is 1.95. The number of carbonyl (C=O) groups is 1. The molecule has 0 fully saturated rings. The first kappa shape index (κ1) is 10.0. The third kappa shape index (κ3) is 1.80. The van der Waals surface area contributed by atoms with Crippen molar-refractivity contribution >= 4 is 6.29 Å². The van der Waals surface area contributed by atoms with Crippen molar-refractivity contribution in [1.82, 2.24) is 10.1 Å². The molecule has 1 aliphatic heterocycles. The molecule has 2 aromatic rings. The van der Waals surface area contributed by atoms with Crippen LogP contribution in [0.1, 0.15) is 28.0 Å². The van der Waals surface area contributed by atoms with E-state index in [-0.39, 0.29) is 11.8 Å². The second kappa shape index (κ2) is 4.01. The van der Waals surface area contributed by atoms with Crippen LogP contribution >= 0.6 is 0 Å². The van der Waals surface area contributed by atoms with Crippen molar-refractivity contribution in [3.8, 4) is 5.75 Å². The van der Waals surface area contributed by atoms with Crippen molar-refractivity contribution < 1.29 is 14.1 Å². The molecule has 5 heteroatoms. The highest BCUT2D eigenvalue weighted by molar-refractivity contribution is 5.67. The molecule has 0 bridgehead atoms. The Bertz CT molecular complexity index is 550. The minimum Gasteiger partial charge on any atom is -0.493 e. The predicted octanol–water partition coefficient (Wildman–Crippen LogP) is 1.60. The van der Waals surface area contributed by atoms with Crippen molar-refractivity contribution in [3.63, 3.8) is 0 Å². The smallest absolute Gasteiger partial charge is 0.290 e. The molecule has 0 saturated heterocycles. The van der Waals surface area contributed by atoms with Gasteiger partial charge in [0.2, 0.25) is 6.29 Å². The van der Waals surface area contributed by atoms with Gasteiger partial charge in [0, 0.05) is 0 Å². The third-order valence-corrected chi connectivity index (χ3v) is 2.80. The van der Waals surface area contributed by atoms with Crippen LogP contribution in [0.25, 0.3) is 0 Å². The topological polar surface area (TPSA) is 65.2 Å². The lowest BCUT2D eigenvalue weighted by Crippen LogP contribution is -2.20. The second-order valence-corrected chi connectivity index (χ2v) is 3.93. The van der Waals surface area contributed by atoms with Gasteiger partial charge in [-0.2, -0.15) is 4.98 Å². The Morgan fingerprint density at radius 2 is 2.24 bits per heavy atom. The molecule has 1 aromatic carbocycles. The molecule has 3 rings (SSSR count). The summed E-state index contributed by atoms with van der Waals surface area (Å²) in [6.45, 7) is 0.509. The van der Waals surface area contributed by atoms with Gasteiger partial charge in [-0.3, -0.25) is 4.79 Å². The number of aromatic nitrogens is 2. The highest BCUT2D eigenvalue weighted by Crippen LogP contribution is 2.30. The van der Waals surface area contributed by atoms with Crippen LogP contribution in [0.15, 0.2) is 28.8 Å². The van der Waals surface area contributed by atoms with E-state index in [0.29, 0.717) is 18.7 Å². The summed E-state index contributed by atoms with van der Waals surface area (Å²) in [5.74, 6) is 1.49. The van der Waals surface area contributed by atoms with Crippen LogP contribution in [0, 0.1) is 0 Å². The number of rotatable bonds is 2. The number of carbonyl (C=O) groups excluding carboxylic acids is 1. The Kier molecular flexibility index (Phi) is 2.36. The van der Waals surface area contributed by atoms with Crippen LogP contribution < -0.4 is 4.74 Å². The molecule has 2 heterocycles. The zero-order valence-corrected chi connectivity index (χ0v) is 9.00. The first-order valence-electron chi connectivity index (χ1n) is 5.36. The van der Waals surface area contributed by atoms with Gasteiger partial charge in [-0.25, -0.2) is 0 Å². The minimum atomic E-state index is 0.0128. The Morgan fingerprint density at radius 1 is 1.35 bits per heavy atom. The molecule has 1 aliphatic rings. The number of ether oxygens (including phenoxy) is 1. The van der Waals surface area contributed by atoms with Crippen molar-refractivity contribution in [2.75, 3.05) is 6.61 Å². The van der Waals surface area contributed by atoms with Crippen LogP contribution in [0.4, 0.5) is 0 Å². The van der Waals surface area contributed by atoms with Crippen molar-refractivity contribution in [2.45, 2.75) is 12.3 Å². The molecule has 86 valence electrons. The van der Waals surface area contributed by atoms with Crippen LogP contribution in [0.5, 0.6) is 5.75 Å². The van der Waals surface area contributed by atoms with Gasteiger partial charge in [0.25, 0.3) is 5.89 Å². The third-order valence-electron chi connectivity index (χ3n) is 2.80. The average Bonchev–Trinajstić information content (AvgIpc) is 2.87. The fourth-order valence-corrected chi connectivity index (χ4v) is 1.95. The van der Waals surface area contributed by atoms with Gasteiger partial charge >= 0.3 is 0 Å². The number of fused-ring (bicyclic) bond motifs is 1. The fraction of sp³-hybridized carbons (Fsp3) is 0.250. The molecule has 1 atom stereocenters. The number of benzene rings is 1. The van der Waals surface area contributed by atoms with E-state index in [4.69, 9.17) is 9.26 Å². The number of hydrogen-bond acceptors (Lipinski definition) is 5. The Labute approximate surface area is 97.4 Å². The lowest BCUT2D eigenvalue weighted by atomic mass is 9.96. The van der Waals surface area contributed by atoms with Gasteiger partial charge in [-0.05, 0) is 18.1 Å². The SMILES string of the molecule is O=Cc1nc(C2COc3ccccc3C2)no1. The lowest BCUT2D eigenvalue weighted by molar-refractivity contribution is 0.108. The summed E-state index contributed by atoms with van der Waals surface area (Å²) in [5, 5.41) is 3.79. The number of aldehydes is 1. The minimum absolute atomic E-state index is 0.0128. The van der Waals surface area contributed by atoms with E-state index >= 15 is 0 Å². The molecule has 0 amide bonds. The number of para-hydroxylation sites is 1. The molecule has 0 aliphatic carbocycles. The summed E-state index contributed by atoms with van der Waals surface area (Å²) in [5.41, 5.74) is 1.13. The van der Waals surface area contributed by atoms with Crippen LogP contribution in [0.2, 0.25) is 0 Å². The van der Waals surface area contributed by atoms with Gasteiger partial charge in [-0.1, -0.05) is 23.4 Å². The quantitative estimate of drug-likeness (QED) is 0.733. The Hall–Kier alpha value is -2.17. The standard InChI is InChI=1S/C12H10N2O3/c15-6-11-13-12(14-17-11)9-5-8-3-1-2-4-10(8)16-7-9/h1-4,6,9H,5,7H2. The van der Waals surface area contributed by atoms with Gasteiger partial charge < -0.3 is 9.26 Å². The maximum absolute atomic E-state index is 10.5. The summed E-state index contributed by atoms with van der Waals surface area (Å²) in [6, 6.07) is 7.87. The van der Waals surface area contributed by atoms with Crippen LogP contribution in [-0.4, -0.2) is 23.0 Å². The van der Waals surface area contributed by atoms with E-state index in [0.717, 1.165) is 17.7 Å². The molecule has 5 nitrogen and oxygen atoms in total. The maximum atomic E-state index is 10.5. The normalized spacial score (nSPS) is 18.2. The molecule has 1 aromatic heterocycles. The number of hydrogen-bond donors (Lipinski definition) is 0. The van der Waals surface area contributed by atoms with Crippen molar-refractivity contribution in [1.29, 1.82) is 0 Å². The monoisotopic (exact) mass is 230 g/mol. The second-order valence-electron chi connectivity index (χ2n) is 3.93. The summed E-state index contributed by atoms with van der Waals surface area (Å²) < 4.78 is 10.4. The van der Waals surface area contributed by atoms with Crippen LogP contribution in [0.3, 0.4) is 0 Å². The molecular formula is C12H10N2O3. The summed E-state index contributed by atoms with van der Waals surface area (Å²) in [7, 11) is 0. The first-order chi connectivity index (χ1) is 8.36.